The second-order valence-electron chi connectivity index (χ2n) is 12.7. The Kier molecular flexibility index (Phi) is 6.21. The number of methoxy groups -OCH3 is 1. The molecule has 0 aromatic heterocycles. The molecule has 192 valence electrons. The number of benzene rings is 1. The van der Waals surface area contributed by atoms with Crippen molar-refractivity contribution in [3.05, 3.63) is 24.3 Å². The fourth-order valence-electron chi connectivity index (χ4n) is 9.03. The molecular formula is C30H44N2O3. The smallest absolute Gasteiger partial charge is 0.229 e. The van der Waals surface area contributed by atoms with Gasteiger partial charge in [-0.15, -0.1) is 0 Å². The molecular weight excluding hydrogens is 436 g/mol. The van der Waals surface area contributed by atoms with Gasteiger partial charge in [-0.05, 0) is 97.8 Å². The lowest BCUT2D eigenvalue weighted by Crippen LogP contribution is -2.62. The molecule has 7 atom stereocenters. The van der Waals surface area contributed by atoms with Gasteiger partial charge >= 0.3 is 0 Å². The number of piperidine rings is 1. The minimum Gasteiger partial charge on any atom is -0.497 e. The van der Waals surface area contributed by atoms with Gasteiger partial charge < -0.3 is 14.5 Å². The molecule has 1 aromatic rings. The van der Waals surface area contributed by atoms with Crippen LogP contribution in [0.2, 0.25) is 0 Å². The largest absolute Gasteiger partial charge is 0.497 e. The molecule has 1 saturated heterocycles. The molecule has 0 radical (unpaired) electrons. The maximum atomic E-state index is 13.6. The number of rotatable bonds is 4. The highest BCUT2D eigenvalue weighted by Crippen LogP contribution is 2.65. The lowest BCUT2D eigenvalue weighted by Gasteiger charge is -2.62. The number of carbonyl (C=O) groups excluding carboxylic acids is 2. The van der Waals surface area contributed by atoms with E-state index in [4.69, 9.17) is 4.74 Å². The van der Waals surface area contributed by atoms with Crippen LogP contribution in [0.4, 0.5) is 5.69 Å². The van der Waals surface area contributed by atoms with E-state index in [1.54, 1.807) is 7.11 Å². The van der Waals surface area contributed by atoms with Crippen LogP contribution in [0.1, 0.15) is 79.1 Å². The van der Waals surface area contributed by atoms with Gasteiger partial charge in [0, 0.05) is 37.2 Å². The maximum absolute atomic E-state index is 13.6. The summed E-state index contributed by atoms with van der Waals surface area (Å²) < 4.78 is 5.39. The summed E-state index contributed by atoms with van der Waals surface area (Å²) in [5.41, 5.74) is 1.36. The third kappa shape index (κ3) is 3.71. The van der Waals surface area contributed by atoms with Crippen molar-refractivity contribution in [3.8, 4) is 5.75 Å². The van der Waals surface area contributed by atoms with Crippen LogP contribution in [-0.4, -0.2) is 43.0 Å². The van der Waals surface area contributed by atoms with Crippen LogP contribution in [0, 0.1) is 34.5 Å². The monoisotopic (exact) mass is 480 g/mol. The number of ether oxygens (including phenoxy) is 1. The quantitative estimate of drug-likeness (QED) is 0.538. The van der Waals surface area contributed by atoms with E-state index >= 15 is 0 Å². The molecule has 1 aliphatic heterocycles. The molecule has 0 spiro atoms. The van der Waals surface area contributed by atoms with Crippen molar-refractivity contribution in [2.75, 3.05) is 19.1 Å². The van der Waals surface area contributed by atoms with Crippen molar-refractivity contribution in [3.63, 3.8) is 0 Å². The van der Waals surface area contributed by atoms with Crippen LogP contribution in [0.5, 0.6) is 5.75 Å². The van der Waals surface area contributed by atoms with Gasteiger partial charge in [0.05, 0.1) is 7.11 Å². The zero-order valence-electron chi connectivity index (χ0n) is 22.5. The predicted octanol–water partition coefficient (Wildman–Crippen LogP) is 5.92. The normalized spacial score (nSPS) is 38.5. The van der Waals surface area contributed by atoms with Crippen molar-refractivity contribution >= 4 is 17.5 Å². The molecule has 5 heteroatoms. The molecule has 4 aliphatic rings. The van der Waals surface area contributed by atoms with Gasteiger partial charge in [-0.3, -0.25) is 9.59 Å². The van der Waals surface area contributed by atoms with Crippen molar-refractivity contribution in [1.29, 1.82) is 0 Å². The Morgan fingerprint density at radius 2 is 1.69 bits per heavy atom. The van der Waals surface area contributed by atoms with E-state index in [-0.39, 0.29) is 28.7 Å². The highest BCUT2D eigenvalue weighted by atomic mass is 16.5. The maximum Gasteiger partial charge on any atom is 0.229 e. The van der Waals surface area contributed by atoms with Gasteiger partial charge in [-0.25, -0.2) is 0 Å². The minimum atomic E-state index is -0.0410. The Labute approximate surface area is 211 Å². The van der Waals surface area contributed by atoms with Crippen LogP contribution in [0.15, 0.2) is 24.3 Å². The number of hydrogen-bond donors (Lipinski definition) is 0. The summed E-state index contributed by atoms with van der Waals surface area (Å²) in [6, 6.07) is 8.70. The number of likely N-dealkylation sites (tertiary alicyclic amines) is 1. The number of anilines is 1. The summed E-state index contributed by atoms with van der Waals surface area (Å²) in [6.07, 6.45) is 8.75. The molecule has 0 N–H and O–H groups in total. The van der Waals surface area contributed by atoms with Gasteiger partial charge in [0.25, 0.3) is 0 Å². The third-order valence-electron chi connectivity index (χ3n) is 10.9. The molecule has 1 heterocycles. The van der Waals surface area contributed by atoms with Gasteiger partial charge in [-0.1, -0.05) is 27.7 Å². The summed E-state index contributed by atoms with van der Waals surface area (Å²) in [7, 11) is 3.72. The summed E-state index contributed by atoms with van der Waals surface area (Å²) in [5.74, 6) is 3.37. The Morgan fingerprint density at radius 1 is 1.00 bits per heavy atom. The molecule has 2 amide bonds. The standard InChI is InChI=1S/C30H44N2O3/c1-19(2)28(34)32(20-7-9-21(35-6)10-8-20)26-14-12-23-22-11-13-25-29(3,18-16-27(33)31(25)5)24(22)15-17-30(23,26)4/h7-10,19,22-26H,11-18H2,1-6H3/t22-,23-,24-,25+,26-,29+,30-/m0/s1. The number of fused-ring (bicyclic) bond motifs is 5. The molecule has 5 rings (SSSR count). The van der Waals surface area contributed by atoms with E-state index in [9.17, 15) is 9.59 Å². The molecule has 4 fully saturated rings. The first kappa shape index (κ1) is 24.6. The van der Waals surface area contributed by atoms with Crippen LogP contribution in [0.25, 0.3) is 0 Å². The van der Waals surface area contributed by atoms with E-state index in [1.165, 1.54) is 25.7 Å². The SMILES string of the molecule is COc1ccc(N(C(=O)C(C)C)[C@H]2CC[C@H]3[C@@H]4CC[C@H]5N(C)C(=O)CC[C@]5(C)[C@H]4CC[C@]23C)cc1. The first-order chi connectivity index (χ1) is 16.6. The molecule has 1 aromatic carbocycles. The minimum absolute atomic E-state index is 0.0410. The van der Waals surface area contributed by atoms with Gasteiger partial charge in [0.2, 0.25) is 11.8 Å². The topological polar surface area (TPSA) is 49.9 Å². The Hall–Kier alpha value is -2.04. The summed E-state index contributed by atoms with van der Waals surface area (Å²) in [6.45, 7) is 9.01. The zero-order chi connectivity index (χ0) is 25.1. The fraction of sp³-hybridized carbons (Fsp3) is 0.733. The molecule has 0 bridgehead atoms. The summed E-state index contributed by atoms with van der Waals surface area (Å²) >= 11 is 0. The van der Waals surface area contributed by atoms with E-state index in [2.05, 4.69) is 35.8 Å². The molecule has 0 unspecified atom stereocenters. The van der Waals surface area contributed by atoms with E-state index in [0.717, 1.165) is 30.7 Å². The van der Waals surface area contributed by atoms with Crippen molar-refractivity contribution in [2.24, 2.45) is 34.5 Å². The number of amides is 2. The average Bonchev–Trinajstić information content (AvgIpc) is 3.19. The van der Waals surface area contributed by atoms with E-state index < -0.39 is 0 Å². The number of hydrogen-bond acceptors (Lipinski definition) is 3. The number of nitrogens with zero attached hydrogens (tertiary/aromatic N) is 2. The lowest BCUT2D eigenvalue weighted by atomic mass is 9.47. The highest BCUT2D eigenvalue weighted by Gasteiger charge is 2.62. The van der Waals surface area contributed by atoms with E-state index in [1.807, 2.05) is 33.0 Å². The van der Waals surface area contributed by atoms with Gasteiger partial charge in [0.1, 0.15) is 5.75 Å². The van der Waals surface area contributed by atoms with Crippen LogP contribution >= 0.6 is 0 Å². The second-order valence-corrected chi connectivity index (χ2v) is 12.7. The summed E-state index contributed by atoms with van der Waals surface area (Å²) in [4.78, 5) is 30.4. The first-order valence-corrected chi connectivity index (χ1v) is 13.8. The first-order valence-electron chi connectivity index (χ1n) is 13.8. The van der Waals surface area contributed by atoms with Crippen molar-refractivity contribution in [1.82, 2.24) is 4.90 Å². The van der Waals surface area contributed by atoms with Crippen LogP contribution < -0.4 is 9.64 Å². The molecule has 3 saturated carbocycles. The van der Waals surface area contributed by atoms with Gasteiger partial charge in [-0.2, -0.15) is 0 Å². The Bertz CT molecular complexity index is 974. The average molecular weight is 481 g/mol. The molecule has 35 heavy (non-hydrogen) atoms. The number of carbonyl (C=O) groups is 2. The van der Waals surface area contributed by atoms with Crippen LogP contribution in [-0.2, 0) is 9.59 Å². The summed E-state index contributed by atoms with van der Waals surface area (Å²) in [5, 5.41) is 0. The highest BCUT2D eigenvalue weighted by molar-refractivity contribution is 5.95. The molecule has 3 aliphatic carbocycles. The van der Waals surface area contributed by atoms with E-state index in [0.29, 0.717) is 36.1 Å². The van der Waals surface area contributed by atoms with Crippen molar-refractivity contribution in [2.45, 2.75) is 91.1 Å². The van der Waals surface area contributed by atoms with Crippen molar-refractivity contribution < 1.29 is 14.3 Å². The predicted molar refractivity (Wildman–Crippen MR) is 139 cm³/mol. The lowest BCUT2D eigenvalue weighted by molar-refractivity contribution is -0.157. The van der Waals surface area contributed by atoms with Gasteiger partial charge in [0.15, 0.2) is 0 Å². The zero-order valence-corrected chi connectivity index (χ0v) is 22.5. The Morgan fingerprint density at radius 3 is 2.34 bits per heavy atom. The second kappa shape index (κ2) is 8.81. The third-order valence-corrected chi connectivity index (χ3v) is 10.9. The Balaban J connectivity index is 1.45. The fourth-order valence-corrected chi connectivity index (χ4v) is 9.03. The molecule has 5 nitrogen and oxygen atoms in total. The van der Waals surface area contributed by atoms with Crippen LogP contribution in [0.3, 0.4) is 0 Å².